The second-order valence-electron chi connectivity index (χ2n) is 22.4. The SMILES string of the molecule is CC1(C)OB(c2ccc(-c3cc(-c4ccccn4)cc4ccccc34)cc2)OC1(C)C.O=S(=O)(Oc1ccc2c(ccc3cc(-c4ccc5c(c4)C(c4ccccc4)(c4ccccc4)C4=C5C=C=C=C4)ccc32)c1)C(F)(F)C(F)(F)C(F)(F)C(F)(F)F. The molecule has 2 aliphatic carbocycles. The van der Waals surface area contributed by atoms with Crippen LogP contribution < -0.4 is 9.65 Å². The quantitative estimate of drug-likeness (QED) is 0.0422. The van der Waals surface area contributed by atoms with Crippen LogP contribution in [-0.2, 0) is 24.8 Å². The minimum atomic E-state index is -7.41. The van der Waals surface area contributed by atoms with E-state index >= 15 is 0 Å². The smallest absolute Gasteiger partial charge is 0.399 e. The van der Waals surface area contributed by atoms with Crippen LogP contribution in [0.2, 0.25) is 0 Å². The number of alkyl halides is 9. The molecule has 0 radical (unpaired) electrons. The molecule has 0 spiro atoms. The van der Waals surface area contributed by atoms with Gasteiger partial charge in [0.1, 0.15) is 5.75 Å². The standard InChI is InChI=1S/C43H23F9O3S.C27H26BNO2/c44-40(45,42(48,49)50)41(46,47)43(51,52)56(53,54)55-32-19-22-34-29(24-32)16-15-28-23-26(17-20-33(28)34)27-18-21-36-35-13-7-8-14-37(35)39(38(36)25-27,30-9-3-1-4-10-30)31-11-5-2-6-12-31;1-26(2)27(3,4)31-28(30-26)22-14-12-19(13-15-22)24-18-21(25-11-7-8-16-29-25)17-20-9-5-6-10-23(20)24/h1-6,9-25H;5-18H,1-4H3. The van der Waals surface area contributed by atoms with E-state index in [2.05, 4.69) is 151 Å². The average Bonchev–Trinajstić information content (AvgIpc) is 1.71. The molecule has 13 rings (SSSR count). The first-order valence-electron chi connectivity index (χ1n) is 27.5. The third kappa shape index (κ3) is 9.74. The molecule has 436 valence electrons. The number of hydrogen-bond acceptors (Lipinski definition) is 6. The summed E-state index contributed by atoms with van der Waals surface area (Å²) in [5, 5.41) is -2.66. The van der Waals surface area contributed by atoms with Gasteiger partial charge in [-0.1, -0.05) is 169 Å². The Labute approximate surface area is 495 Å². The monoisotopic (exact) mass is 1200 g/mol. The zero-order valence-corrected chi connectivity index (χ0v) is 47.6. The van der Waals surface area contributed by atoms with Crippen molar-refractivity contribution in [3.8, 4) is 39.3 Å². The first kappa shape index (κ1) is 58.4. The van der Waals surface area contributed by atoms with Gasteiger partial charge in [0.05, 0.1) is 22.3 Å². The van der Waals surface area contributed by atoms with Gasteiger partial charge < -0.3 is 13.5 Å². The number of rotatable bonds is 11. The molecule has 1 fully saturated rings. The van der Waals surface area contributed by atoms with Gasteiger partial charge in [-0.15, -0.1) is 0 Å². The summed E-state index contributed by atoms with van der Waals surface area (Å²) in [5.41, 5.74) is 18.3. The van der Waals surface area contributed by atoms with Gasteiger partial charge >= 0.3 is 40.5 Å². The van der Waals surface area contributed by atoms with Gasteiger partial charge in [-0.2, -0.15) is 47.9 Å². The maximum absolute atomic E-state index is 14.3. The molecule has 0 unspecified atom stereocenters. The van der Waals surface area contributed by atoms with Crippen molar-refractivity contribution in [3.63, 3.8) is 0 Å². The predicted octanol–water partition coefficient (Wildman–Crippen LogP) is 17.6. The second kappa shape index (κ2) is 21.2. The van der Waals surface area contributed by atoms with Crippen LogP contribution in [0.3, 0.4) is 0 Å². The van der Waals surface area contributed by atoms with Crippen LogP contribution in [-0.4, -0.2) is 55.0 Å². The Morgan fingerprint density at radius 2 is 1.03 bits per heavy atom. The highest BCUT2D eigenvalue weighted by Gasteiger charge is 2.86. The van der Waals surface area contributed by atoms with Crippen molar-refractivity contribution in [3.05, 3.63) is 264 Å². The highest BCUT2D eigenvalue weighted by Crippen LogP contribution is 2.57. The molecule has 87 heavy (non-hydrogen) atoms. The summed E-state index contributed by atoms with van der Waals surface area (Å²) < 4.78 is 162. The van der Waals surface area contributed by atoms with E-state index in [0.717, 1.165) is 78.9 Å². The van der Waals surface area contributed by atoms with Crippen LogP contribution in [0, 0.1) is 0 Å². The maximum atomic E-state index is 14.3. The first-order valence-corrected chi connectivity index (χ1v) is 28.9. The topological polar surface area (TPSA) is 74.7 Å². The summed E-state index contributed by atoms with van der Waals surface area (Å²) in [4.78, 5) is 4.55. The van der Waals surface area contributed by atoms with Gasteiger partial charge in [0, 0.05) is 11.8 Å². The third-order valence-corrected chi connectivity index (χ3v) is 18.0. The summed E-state index contributed by atoms with van der Waals surface area (Å²) in [5.74, 6) is -15.8. The molecule has 10 aromatic rings. The van der Waals surface area contributed by atoms with Gasteiger partial charge in [0.25, 0.3) is 0 Å². The molecule has 1 saturated heterocycles. The van der Waals surface area contributed by atoms with Crippen LogP contribution >= 0.6 is 0 Å². The fourth-order valence-corrected chi connectivity index (χ4v) is 12.4. The number of aromatic nitrogens is 1. The van der Waals surface area contributed by atoms with Crippen molar-refractivity contribution in [2.75, 3.05) is 0 Å². The lowest BCUT2D eigenvalue weighted by Gasteiger charge is -2.35. The van der Waals surface area contributed by atoms with E-state index in [1.165, 1.54) is 28.5 Å². The molecule has 17 heteroatoms. The van der Waals surface area contributed by atoms with Crippen molar-refractivity contribution >= 4 is 60.6 Å². The van der Waals surface area contributed by atoms with E-state index in [0.29, 0.717) is 16.2 Å². The van der Waals surface area contributed by atoms with Crippen molar-refractivity contribution < 1.29 is 61.4 Å². The number of nitrogens with zero attached hydrogens (tertiary/aromatic N) is 1. The molecule has 3 aliphatic rings. The normalized spacial score (nSPS) is 16.0. The van der Waals surface area contributed by atoms with E-state index in [4.69, 9.17) is 9.31 Å². The summed E-state index contributed by atoms with van der Waals surface area (Å²) >= 11 is 0. The number of benzene rings is 9. The molecule has 0 atom stereocenters. The van der Waals surface area contributed by atoms with E-state index in [1.54, 1.807) is 12.1 Å². The number of pyridine rings is 1. The summed E-state index contributed by atoms with van der Waals surface area (Å²) in [6.07, 6.45) is -1.46. The fraction of sp³-hybridized carbons (Fsp3) is 0.157. The van der Waals surface area contributed by atoms with Gasteiger partial charge in [0.2, 0.25) is 0 Å². The highest BCUT2D eigenvalue weighted by molar-refractivity contribution is 7.88. The maximum Gasteiger partial charge on any atom is 0.494 e. The summed E-state index contributed by atoms with van der Waals surface area (Å²) in [7, 11) is -7.45. The van der Waals surface area contributed by atoms with Crippen LogP contribution in [0.5, 0.6) is 5.75 Å². The first-order chi connectivity index (χ1) is 41.3. The van der Waals surface area contributed by atoms with Crippen molar-refractivity contribution in [2.45, 2.75) is 67.6 Å². The molecular formula is C70H49BF9NO5S. The lowest BCUT2D eigenvalue weighted by molar-refractivity contribution is -0.382. The third-order valence-electron chi connectivity index (χ3n) is 16.7. The van der Waals surface area contributed by atoms with Crippen LogP contribution in [0.4, 0.5) is 39.5 Å². The lowest BCUT2D eigenvalue weighted by atomic mass is 9.66. The molecule has 1 aliphatic heterocycles. The van der Waals surface area contributed by atoms with E-state index in [-0.39, 0.29) is 23.7 Å². The Kier molecular flexibility index (Phi) is 14.2. The molecule has 6 nitrogen and oxygen atoms in total. The highest BCUT2D eigenvalue weighted by atomic mass is 32.2. The van der Waals surface area contributed by atoms with Gasteiger partial charge in [0.15, 0.2) is 0 Å². The van der Waals surface area contributed by atoms with Crippen molar-refractivity contribution in [1.82, 2.24) is 4.98 Å². The fourth-order valence-electron chi connectivity index (χ4n) is 11.5. The Morgan fingerprint density at radius 3 is 1.67 bits per heavy atom. The molecule has 0 bridgehead atoms. The number of hydrogen-bond donors (Lipinski definition) is 0. The Bertz CT molecular complexity index is 4560. The predicted molar refractivity (Wildman–Crippen MR) is 322 cm³/mol. The lowest BCUT2D eigenvalue weighted by Crippen LogP contribution is -2.63. The molecule has 2 heterocycles. The largest absolute Gasteiger partial charge is 0.494 e. The summed E-state index contributed by atoms with van der Waals surface area (Å²) in [6, 6.07) is 65.4. The molecule has 0 N–H and O–H groups in total. The number of fused-ring (bicyclic) bond motifs is 6. The minimum Gasteiger partial charge on any atom is -0.399 e. The van der Waals surface area contributed by atoms with Gasteiger partial charge in [-0.3, -0.25) is 4.98 Å². The summed E-state index contributed by atoms with van der Waals surface area (Å²) in [6.45, 7) is 8.32. The molecule has 0 amide bonds. The zero-order valence-electron chi connectivity index (χ0n) is 46.7. The van der Waals surface area contributed by atoms with Gasteiger partial charge in [-0.05, 0) is 182 Å². The van der Waals surface area contributed by atoms with Crippen LogP contribution in [0.1, 0.15) is 49.9 Å². The minimum absolute atomic E-state index is 0.160. The van der Waals surface area contributed by atoms with Crippen molar-refractivity contribution in [2.24, 2.45) is 0 Å². The zero-order chi connectivity index (χ0) is 61.5. The molecule has 0 saturated carbocycles. The average molecular weight is 1200 g/mol. The molecule has 1 aromatic heterocycles. The second-order valence-corrected chi connectivity index (χ2v) is 24.0. The number of allylic oxidation sites excluding steroid dienone is 4. The van der Waals surface area contributed by atoms with Crippen molar-refractivity contribution in [1.29, 1.82) is 0 Å². The molecular weight excluding hydrogens is 1150 g/mol. The van der Waals surface area contributed by atoms with Gasteiger partial charge in [-0.25, -0.2) is 0 Å². The molecule has 9 aromatic carbocycles. The van der Waals surface area contributed by atoms with Crippen LogP contribution in [0.25, 0.3) is 71.4 Å². The van der Waals surface area contributed by atoms with Crippen LogP contribution in [0.15, 0.2) is 242 Å². The Morgan fingerprint density at radius 1 is 0.494 bits per heavy atom. The van der Waals surface area contributed by atoms with E-state index in [1.807, 2.05) is 85.1 Å². The Balaban J connectivity index is 0.000000200. The van der Waals surface area contributed by atoms with E-state index < -0.39 is 44.6 Å². The number of halogens is 9. The van der Waals surface area contributed by atoms with E-state index in [9.17, 15) is 47.9 Å². The Hall–Kier alpha value is -8.95.